The molecule has 2 rings (SSSR count). The van der Waals surface area contributed by atoms with E-state index in [4.69, 9.17) is 4.74 Å². The molecule has 0 bridgehead atoms. The van der Waals surface area contributed by atoms with Gasteiger partial charge in [-0.2, -0.15) is 15.0 Å². The topological polar surface area (TPSA) is 72.0 Å². The Morgan fingerprint density at radius 1 is 1.14 bits per heavy atom. The molecule has 0 amide bonds. The molecule has 6 nitrogen and oxygen atoms in total. The molecule has 1 saturated carbocycles. The van der Waals surface area contributed by atoms with E-state index in [0.717, 1.165) is 18.9 Å². The summed E-state index contributed by atoms with van der Waals surface area (Å²) in [5.74, 6) is 2.01. The molecule has 0 aliphatic heterocycles. The maximum Gasteiger partial charge on any atom is 0.322 e. The van der Waals surface area contributed by atoms with Crippen molar-refractivity contribution < 1.29 is 4.74 Å². The standard InChI is InChI=1S/C15H27N5O/c1-4-9-16-13-18-14(20-15(19-13)21-3)17-12-8-6-7-11(5-2)10-12/h11-12H,4-10H2,1-3H3,(H2,16,17,18,19,20). The maximum absolute atomic E-state index is 5.16. The normalized spacial score (nSPS) is 21.9. The van der Waals surface area contributed by atoms with Gasteiger partial charge in [-0.3, -0.25) is 0 Å². The van der Waals surface area contributed by atoms with Crippen LogP contribution < -0.4 is 15.4 Å². The fourth-order valence-corrected chi connectivity index (χ4v) is 2.80. The maximum atomic E-state index is 5.16. The molecule has 2 unspecified atom stereocenters. The zero-order valence-corrected chi connectivity index (χ0v) is 13.4. The van der Waals surface area contributed by atoms with E-state index >= 15 is 0 Å². The lowest BCUT2D eigenvalue weighted by Crippen LogP contribution is -2.28. The predicted molar refractivity (Wildman–Crippen MR) is 84.8 cm³/mol. The number of nitrogens with one attached hydrogen (secondary N) is 2. The zero-order chi connectivity index (χ0) is 15.1. The van der Waals surface area contributed by atoms with Gasteiger partial charge in [0, 0.05) is 12.6 Å². The molecule has 0 spiro atoms. The van der Waals surface area contributed by atoms with Crippen LogP contribution in [0.2, 0.25) is 0 Å². The van der Waals surface area contributed by atoms with E-state index in [1.54, 1.807) is 7.11 Å². The van der Waals surface area contributed by atoms with E-state index < -0.39 is 0 Å². The number of nitrogens with zero attached hydrogens (tertiary/aromatic N) is 3. The van der Waals surface area contributed by atoms with Gasteiger partial charge >= 0.3 is 6.01 Å². The number of rotatable bonds is 7. The van der Waals surface area contributed by atoms with Crippen molar-refractivity contribution in [3.63, 3.8) is 0 Å². The van der Waals surface area contributed by atoms with E-state index in [1.165, 1.54) is 32.1 Å². The molecule has 1 aromatic heterocycles. The highest BCUT2D eigenvalue weighted by molar-refractivity contribution is 5.36. The third-order valence-corrected chi connectivity index (χ3v) is 4.02. The summed E-state index contributed by atoms with van der Waals surface area (Å²) in [6, 6.07) is 0.809. The monoisotopic (exact) mass is 293 g/mol. The Balaban J connectivity index is 2.03. The van der Waals surface area contributed by atoms with Crippen molar-refractivity contribution in [1.82, 2.24) is 15.0 Å². The van der Waals surface area contributed by atoms with Crippen LogP contribution in [0.15, 0.2) is 0 Å². The fourth-order valence-electron chi connectivity index (χ4n) is 2.80. The Bertz CT molecular complexity index is 440. The van der Waals surface area contributed by atoms with Gasteiger partial charge in [0.2, 0.25) is 11.9 Å². The molecular weight excluding hydrogens is 266 g/mol. The van der Waals surface area contributed by atoms with Gasteiger partial charge < -0.3 is 15.4 Å². The Hall–Kier alpha value is -1.59. The van der Waals surface area contributed by atoms with Crippen LogP contribution in [0.3, 0.4) is 0 Å². The minimum absolute atomic E-state index is 0.356. The van der Waals surface area contributed by atoms with E-state index in [-0.39, 0.29) is 0 Å². The molecule has 6 heteroatoms. The molecule has 1 heterocycles. The SMILES string of the molecule is CCCNc1nc(NC2CCCC(CC)C2)nc(OC)n1. The van der Waals surface area contributed by atoms with Crippen LogP contribution in [-0.2, 0) is 0 Å². The summed E-state index contributed by atoms with van der Waals surface area (Å²) in [5, 5.41) is 6.64. The van der Waals surface area contributed by atoms with Crippen molar-refractivity contribution in [2.75, 3.05) is 24.3 Å². The zero-order valence-electron chi connectivity index (χ0n) is 13.4. The third-order valence-electron chi connectivity index (χ3n) is 4.02. The highest BCUT2D eigenvalue weighted by atomic mass is 16.5. The van der Waals surface area contributed by atoms with E-state index in [0.29, 0.717) is 23.9 Å². The Morgan fingerprint density at radius 2 is 1.95 bits per heavy atom. The lowest BCUT2D eigenvalue weighted by molar-refractivity contribution is 0.326. The van der Waals surface area contributed by atoms with Crippen LogP contribution in [0, 0.1) is 5.92 Å². The minimum atomic E-state index is 0.356. The van der Waals surface area contributed by atoms with Gasteiger partial charge in [-0.05, 0) is 25.2 Å². The predicted octanol–water partition coefficient (Wildman–Crippen LogP) is 3.08. The largest absolute Gasteiger partial charge is 0.467 e. The van der Waals surface area contributed by atoms with Gasteiger partial charge in [0.15, 0.2) is 0 Å². The van der Waals surface area contributed by atoms with Gasteiger partial charge in [-0.15, -0.1) is 0 Å². The number of ether oxygens (including phenoxy) is 1. The summed E-state index contributed by atoms with van der Waals surface area (Å²) in [4.78, 5) is 13.0. The molecule has 2 atom stereocenters. The van der Waals surface area contributed by atoms with Crippen LogP contribution >= 0.6 is 0 Å². The Kier molecular flexibility index (Phi) is 6.02. The Morgan fingerprint density at radius 3 is 2.67 bits per heavy atom. The van der Waals surface area contributed by atoms with E-state index in [1.807, 2.05) is 0 Å². The molecule has 1 aliphatic rings. The van der Waals surface area contributed by atoms with Gasteiger partial charge in [0.1, 0.15) is 0 Å². The first-order chi connectivity index (χ1) is 10.2. The number of aromatic nitrogens is 3. The quantitative estimate of drug-likeness (QED) is 0.805. The van der Waals surface area contributed by atoms with Crippen LogP contribution in [-0.4, -0.2) is 34.6 Å². The average Bonchev–Trinajstić information content (AvgIpc) is 2.52. The smallest absolute Gasteiger partial charge is 0.322 e. The molecular formula is C15H27N5O. The van der Waals surface area contributed by atoms with Gasteiger partial charge in [-0.1, -0.05) is 33.1 Å². The van der Waals surface area contributed by atoms with Gasteiger partial charge in [0.25, 0.3) is 0 Å². The minimum Gasteiger partial charge on any atom is -0.467 e. The molecule has 118 valence electrons. The van der Waals surface area contributed by atoms with Crippen molar-refractivity contribution in [3.8, 4) is 6.01 Å². The molecule has 0 saturated heterocycles. The van der Waals surface area contributed by atoms with Crippen LogP contribution in [0.1, 0.15) is 52.4 Å². The van der Waals surface area contributed by atoms with Crippen molar-refractivity contribution in [3.05, 3.63) is 0 Å². The van der Waals surface area contributed by atoms with Gasteiger partial charge in [-0.25, -0.2) is 0 Å². The van der Waals surface area contributed by atoms with E-state index in [9.17, 15) is 0 Å². The van der Waals surface area contributed by atoms with Crippen molar-refractivity contribution in [2.45, 2.75) is 58.4 Å². The first kappa shape index (κ1) is 15.8. The number of methoxy groups -OCH3 is 1. The van der Waals surface area contributed by atoms with Crippen LogP contribution in [0.5, 0.6) is 6.01 Å². The molecule has 1 aliphatic carbocycles. The second-order valence-corrected chi connectivity index (χ2v) is 5.68. The summed E-state index contributed by atoms with van der Waals surface area (Å²) in [7, 11) is 1.58. The number of hydrogen-bond acceptors (Lipinski definition) is 6. The summed E-state index contributed by atoms with van der Waals surface area (Å²) in [6.45, 7) is 5.22. The van der Waals surface area contributed by atoms with E-state index in [2.05, 4.69) is 39.4 Å². The second kappa shape index (κ2) is 8.00. The van der Waals surface area contributed by atoms with Crippen LogP contribution in [0.4, 0.5) is 11.9 Å². The number of anilines is 2. The summed E-state index contributed by atoms with van der Waals surface area (Å²) in [6.07, 6.45) is 7.28. The highest BCUT2D eigenvalue weighted by Crippen LogP contribution is 2.28. The van der Waals surface area contributed by atoms with Crippen molar-refractivity contribution >= 4 is 11.9 Å². The third kappa shape index (κ3) is 4.72. The summed E-state index contributed by atoms with van der Waals surface area (Å²) in [5.41, 5.74) is 0. The highest BCUT2D eigenvalue weighted by Gasteiger charge is 2.21. The number of hydrogen-bond donors (Lipinski definition) is 2. The molecule has 0 aromatic carbocycles. The van der Waals surface area contributed by atoms with Crippen molar-refractivity contribution in [2.24, 2.45) is 5.92 Å². The van der Waals surface area contributed by atoms with Gasteiger partial charge in [0.05, 0.1) is 7.11 Å². The summed E-state index contributed by atoms with van der Waals surface area (Å²) >= 11 is 0. The van der Waals surface area contributed by atoms with Crippen LogP contribution in [0.25, 0.3) is 0 Å². The molecule has 21 heavy (non-hydrogen) atoms. The molecule has 2 N–H and O–H groups in total. The van der Waals surface area contributed by atoms with Crippen molar-refractivity contribution in [1.29, 1.82) is 0 Å². The fraction of sp³-hybridized carbons (Fsp3) is 0.800. The second-order valence-electron chi connectivity index (χ2n) is 5.68. The lowest BCUT2D eigenvalue weighted by Gasteiger charge is -2.29. The molecule has 0 radical (unpaired) electrons. The average molecular weight is 293 g/mol. The molecule has 1 aromatic rings. The Labute approximate surface area is 127 Å². The lowest BCUT2D eigenvalue weighted by atomic mass is 9.84. The first-order valence-electron chi connectivity index (χ1n) is 8.05. The first-order valence-corrected chi connectivity index (χ1v) is 8.05. The molecule has 1 fully saturated rings. The summed E-state index contributed by atoms with van der Waals surface area (Å²) < 4.78 is 5.16.